The predicted octanol–water partition coefficient (Wildman–Crippen LogP) is 0.550. The first kappa shape index (κ1) is 13.8. The summed E-state index contributed by atoms with van der Waals surface area (Å²) in [7, 11) is -2.14. The van der Waals surface area contributed by atoms with Crippen LogP contribution in [0.4, 0.5) is 5.69 Å². The van der Waals surface area contributed by atoms with Crippen molar-refractivity contribution in [1.82, 2.24) is 4.31 Å². The first-order chi connectivity index (χ1) is 8.96. The van der Waals surface area contributed by atoms with E-state index >= 15 is 0 Å². The van der Waals surface area contributed by atoms with Crippen molar-refractivity contribution >= 4 is 15.7 Å². The van der Waals surface area contributed by atoms with Crippen LogP contribution in [0.15, 0.2) is 23.1 Å². The van der Waals surface area contributed by atoms with E-state index in [2.05, 4.69) is 0 Å². The third-order valence-electron chi connectivity index (χ3n) is 3.22. The SMILES string of the molecule is CN(C1CCOC1)S(=O)(=O)c1ccc(C#N)cc1N. The van der Waals surface area contributed by atoms with Crippen LogP contribution in [-0.4, -0.2) is 39.0 Å². The van der Waals surface area contributed by atoms with E-state index < -0.39 is 10.0 Å². The average Bonchev–Trinajstić information content (AvgIpc) is 2.90. The van der Waals surface area contributed by atoms with E-state index in [9.17, 15) is 8.42 Å². The van der Waals surface area contributed by atoms with Gasteiger partial charge < -0.3 is 10.5 Å². The average molecular weight is 281 g/mol. The zero-order chi connectivity index (χ0) is 14.0. The zero-order valence-electron chi connectivity index (χ0n) is 10.5. The fourth-order valence-electron chi connectivity index (χ4n) is 2.01. The number of nitrogens with zero attached hydrogens (tertiary/aromatic N) is 2. The van der Waals surface area contributed by atoms with Crippen LogP contribution < -0.4 is 5.73 Å². The van der Waals surface area contributed by atoms with Crippen molar-refractivity contribution in [2.45, 2.75) is 17.4 Å². The highest BCUT2D eigenvalue weighted by atomic mass is 32.2. The van der Waals surface area contributed by atoms with Gasteiger partial charge in [0.05, 0.1) is 30.0 Å². The number of anilines is 1. The summed E-state index contributed by atoms with van der Waals surface area (Å²) in [5.41, 5.74) is 6.16. The fraction of sp³-hybridized carbons (Fsp3) is 0.417. The summed E-state index contributed by atoms with van der Waals surface area (Å²) >= 11 is 0. The number of sulfonamides is 1. The van der Waals surface area contributed by atoms with Gasteiger partial charge >= 0.3 is 0 Å². The van der Waals surface area contributed by atoms with Gasteiger partial charge in [0, 0.05) is 13.7 Å². The maximum absolute atomic E-state index is 12.4. The molecular weight excluding hydrogens is 266 g/mol. The summed E-state index contributed by atoms with van der Waals surface area (Å²) in [4.78, 5) is 0.0286. The predicted molar refractivity (Wildman–Crippen MR) is 69.7 cm³/mol. The number of ether oxygens (including phenoxy) is 1. The molecule has 0 aliphatic carbocycles. The molecule has 1 fully saturated rings. The highest BCUT2D eigenvalue weighted by Crippen LogP contribution is 2.25. The van der Waals surface area contributed by atoms with Crippen LogP contribution >= 0.6 is 0 Å². The summed E-state index contributed by atoms with van der Waals surface area (Å²) in [6.07, 6.45) is 0.673. The van der Waals surface area contributed by atoms with Crippen LogP contribution in [0.3, 0.4) is 0 Å². The van der Waals surface area contributed by atoms with E-state index in [1.54, 1.807) is 0 Å². The molecule has 19 heavy (non-hydrogen) atoms. The Balaban J connectivity index is 2.36. The van der Waals surface area contributed by atoms with E-state index in [-0.39, 0.29) is 16.6 Å². The second kappa shape index (κ2) is 5.17. The summed E-state index contributed by atoms with van der Waals surface area (Å²) in [6.45, 7) is 0.958. The van der Waals surface area contributed by atoms with Crippen molar-refractivity contribution < 1.29 is 13.2 Å². The van der Waals surface area contributed by atoms with Gasteiger partial charge in [0.15, 0.2) is 0 Å². The van der Waals surface area contributed by atoms with Gasteiger partial charge in [0.25, 0.3) is 0 Å². The van der Waals surface area contributed by atoms with Crippen LogP contribution in [0.25, 0.3) is 0 Å². The maximum Gasteiger partial charge on any atom is 0.245 e. The Kier molecular flexibility index (Phi) is 3.75. The number of benzene rings is 1. The Hall–Kier alpha value is -1.62. The quantitative estimate of drug-likeness (QED) is 0.816. The second-order valence-corrected chi connectivity index (χ2v) is 6.37. The van der Waals surface area contributed by atoms with E-state index in [4.69, 9.17) is 15.7 Å². The molecule has 2 N–H and O–H groups in total. The van der Waals surface area contributed by atoms with Crippen molar-refractivity contribution in [1.29, 1.82) is 5.26 Å². The van der Waals surface area contributed by atoms with Crippen molar-refractivity contribution in [2.24, 2.45) is 0 Å². The molecule has 102 valence electrons. The molecular formula is C12H15N3O3S. The molecule has 0 spiro atoms. The number of nitriles is 1. The Labute approximate surface area is 112 Å². The maximum atomic E-state index is 12.4. The molecule has 1 aromatic rings. The zero-order valence-corrected chi connectivity index (χ0v) is 11.4. The van der Waals surface area contributed by atoms with Gasteiger partial charge in [-0.1, -0.05) is 0 Å². The molecule has 1 saturated heterocycles. The Morgan fingerprint density at radius 1 is 1.53 bits per heavy atom. The minimum Gasteiger partial charge on any atom is -0.398 e. The number of hydrogen-bond acceptors (Lipinski definition) is 5. The Morgan fingerprint density at radius 2 is 2.26 bits per heavy atom. The first-order valence-electron chi connectivity index (χ1n) is 5.82. The van der Waals surface area contributed by atoms with Crippen LogP contribution in [-0.2, 0) is 14.8 Å². The molecule has 2 rings (SSSR count). The van der Waals surface area contributed by atoms with Crippen molar-refractivity contribution in [3.05, 3.63) is 23.8 Å². The van der Waals surface area contributed by atoms with Crippen LogP contribution in [0.1, 0.15) is 12.0 Å². The number of hydrogen-bond donors (Lipinski definition) is 1. The summed E-state index contributed by atoms with van der Waals surface area (Å²) in [5.74, 6) is 0. The number of nitrogens with two attached hydrogens (primary N) is 1. The molecule has 0 amide bonds. The number of rotatable bonds is 3. The van der Waals surface area contributed by atoms with Crippen LogP contribution in [0.5, 0.6) is 0 Å². The smallest absolute Gasteiger partial charge is 0.245 e. The minimum absolute atomic E-state index is 0.0286. The van der Waals surface area contributed by atoms with Gasteiger partial charge in [-0.25, -0.2) is 8.42 Å². The van der Waals surface area contributed by atoms with Crippen LogP contribution in [0.2, 0.25) is 0 Å². The molecule has 1 unspecified atom stereocenters. The largest absolute Gasteiger partial charge is 0.398 e. The Morgan fingerprint density at radius 3 is 2.79 bits per heavy atom. The van der Waals surface area contributed by atoms with Crippen LogP contribution in [0, 0.1) is 11.3 Å². The lowest BCUT2D eigenvalue weighted by molar-refractivity contribution is 0.181. The van der Waals surface area contributed by atoms with Gasteiger partial charge in [-0.15, -0.1) is 0 Å². The molecule has 0 bridgehead atoms. The molecule has 1 aliphatic heterocycles. The molecule has 1 heterocycles. The van der Waals surface area contributed by atoms with E-state index in [0.717, 1.165) is 0 Å². The highest BCUT2D eigenvalue weighted by molar-refractivity contribution is 7.89. The molecule has 0 radical (unpaired) electrons. The third-order valence-corrected chi connectivity index (χ3v) is 5.20. The summed E-state index contributed by atoms with van der Waals surface area (Å²) in [5, 5.41) is 8.76. The minimum atomic E-state index is -3.66. The summed E-state index contributed by atoms with van der Waals surface area (Å²) in [6, 6.07) is 5.94. The monoisotopic (exact) mass is 281 g/mol. The van der Waals surface area contributed by atoms with E-state index in [0.29, 0.717) is 25.2 Å². The fourth-order valence-corrected chi connectivity index (χ4v) is 3.48. The highest BCUT2D eigenvalue weighted by Gasteiger charge is 2.31. The second-order valence-electron chi connectivity index (χ2n) is 4.40. The van der Waals surface area contributed by atoms with E-state index in [1.807, 2.05) is 6.07 Å². The third kappa shape index (κ3) is 2.56. The van der Waals surface area contributed by atoms with Gasteiger partial charge in [-0.2, -0.15) is 9.57 Å². The van der Waals surface area contributed by atoms with Crippen molar-refractivity contribution in [3.8, 4) is 6.07 Å². The molecule has 1 aliphatic rings. The van der Waals surface area contributed by atoms with Gasteiger partial charge in [-0.05, 0) is 24.6 Å². The molecule has 0 saturated carbocycles. The lowest BCUT2D eigenvalue weighted by Gasteiger charge is -2.23. The van der Waals surface area contributed by atoms with Crippen molar-refractivity contribution in [3.63, 3.8) is 0 Å². The van der Waals surface area contributed by atoms with Crippen molar-refractivity contribution in [2.75, 3.05) is 26.0 Å². The normalized spacial score (nSPS) is 19.5. The van der Waals surface area contributed by atoms with E-state index in [1.165, 1.54) is 29.6 Å². The number of likely N-dealkylation sites (N-methyl/N-ethyl adjacent to an activating group) is 1. The topological polar surface area (TPSA) is 96.4 Å². The lowest BCUT2D eigenvalue weighted by atomic mass is 10.2. The summed E-state index contributed by atoms with van der Waals surface area (Å²) < 4.78 is 31.4. The number of nitrogen functional groups attached to an aromatic ring is 1. The molecule has 1 aromatic carbocycles. The standard InChI is InChI=1S/C12H15N3O3S/c1-15(10-4-5-18-8-10)19(16,17)12-3-2-9(7-13)6-11(12)14/h2-3,6,10H,4-5,8,14H2,1H3. The molecule has 1 atom stereocenters. The van der Waals surface area contributed by atoms with Gasteiger partial charge in [0.1, 0.15) is 4.90 Å². The lowest BCUT2D eigenvalue weighted by Crippen LogP contribution is -2.37. The molecule has 6 nitrogen and oxygen atoms in total. The van der Waals surface area contributed by atoms with Gasteiger partial charge in [-0.3, -0.25) is 0 Å². The first-order valence-corrected chi connectivity index (χ1v) is 7.26. The Bertz CT molecular complexity index is 616. The molecule has 0 aromatic heterocycles. The molecule has 7 heteroatoms. The van der Waals surface area contributed by atoms with Gasteiger partial charge in [0.2, 0.25) is 10.0 Å².